The highest BCUT2D eigenvalue weighted by Gasteiger charge is 2.34. The fourth-order valence-electron chi connectivity index (χ4n) is 1.47. The molecule has 0 heterocycles. The van der Waals surface area contributed by atoms with Gasteiger partial charge in [-0.1, -0.05) is 19.1 Å². The van der Waals surface area contributed by atoms with Crippen LogP contribution in [0, 0.1) is 5.92 Å². The van der Waals surface area contributed by atoms with Gasteiger partial charge in [-0.3, -0.25) is 0 Å². The molecule has 1 N–H and O–H groups in total. The van der Waals surface area contributed by atoms with Crippen molar-refractivity contribution in [1.82, 2.24) is 5.32 Å². The molecule has 1 rings (SSSR count). The molecule has 0 aliphatic heterocycles. The maximum Gasteiger partial charge on any atom is 0.419 e. The van der Waals surface area contributed by atoms with Gasteiger partial charge >= 0.3 is 6.18 Å². The van der Waals surface area contributed by atoms with Crippen LogP contribution in [0.1, 0.15) is 12.5 Å². The van der Waals surface area contributed by atoms with Gasteiger partial charge in [0.15, 0.2) is 0 Å². The first-order valence-electron chi connectivity index (χ1n) is 5.38. The van der Waals surface area contributed by atoms with Crippen molar-refractivity contribution in [2.24, 2.45) is 5.92 Å². The number of rotatable bonds is 5. The van der Waals surface area contributed by atoms with Crippen LogP contribution in [0.5, 0.6) is 5.75 Å². The summed E-state index contributed by atoms with van der Waals surface area (Å²) in [4.78, 5) is 0. The third-order valence-electron chi connectivity index (χ3n) is 2.27. The fraction of sp³-hybridized carbons (Fsp3) is 0.500. The lowest BCUT2D eigenvalue weighted by atomic mass is 10.2. The van der Waals surface area contributed by atoms with E-state index in [1.165, 1.54) is 18.2 Å². The molecule has 0 fully saturated rings. The molecule has 0 aliphatic rings. The van der Waals surface area contributed by atoms with Crippen LogP contribution in [0.15, 0.2) is 24.3 Å². The molecule has 0 spiro atoms. The van der Waals surface area contributed by atoms with Crippen molar-refractivity contribution in [2.45, 2.75) is 13.1 Å². The zero-order valence-electron chi connectivity index (χ0n) is 9.84. The quantitative estimate of drug-likeness (QED) is 0.863. The molecule has 0 radical (unpaired) electrons. The molecule has 0 amide bonds. The van der Waals surface area contributed by atoms with E-state index < -0.39 is 11.7 Å². The minimum Gasteiger partial charge on any atom is -0.493 e. The number of halogens is 3. The Bertz CT molecular complexity index is 352. The van der Waals surface area contributed by atoms with E-state index in [0.29, 0.717) is 6.54 Å². The second kappa shape index (κ2) is 5.91. The zero-order valence-corrected chi connectivity index (χ0v) is 9.84. The summed E-state index contributed by atoms with van der Waals surface area (Å²) in [5, 5.41) is 2.95. The van der Waals surface area contributed by atoms with E-state index in [1.807, 2.05) is 6.92 Å². The van der Waals surface area contributed by atoms with E-state index in [2.05, 4.69) is 5.32 Å². The third-order valence-corrected chi connectivity index (χ3v) is 2.27. The van der Waals surface area contributed by atoms with Gasteiger partial charge in [-0.05, 0) is 19.2 Å². The van der Waals surface area contributed by atoms with E-state index in [9.17, 15) is 13.2 Å². The number of benzene rings is 1. The highest BCUT2D eigenvalue weighted by molar-refractivity contribution is 5.35. The van der Waals surface area contributed by atoms with E-state index in [4.69, 9.17) is 4.74 Å². The van der Waals surface area contributed by atoms with Gasteiger partial charge < -0.3 is 10.1 Å². The zero-order chi connectivity index (χ0) is 12.9. The Morgan fingerprint density at radius 2 is 1.94 bits per heavy atom. The Kier molecular flexibility index (Phi) is 4.81. The predicted molar refractivity (Wildman–Crippen MR) is 60.0 cm³/mol. The molecule has 1 atom stereocenters. The predicted octanol–water partition coefficient (Wildman–Crippen LogP) is 2.94. The third kappa shape index (κ3) is 4.26. The molecule has 17 heavy (non-hydrogen) atoms. The van der Waals surface area contributed by atoms with Crippen LogP contribution in [0.3, 0.4) is 0 Å². The maximum atomic E-state index is 12.6. The molecule has 0 aliphatic carbocycles. The van der Waals surface area contributed by atoms with Crippen LogP contribution in [0.2, 0.25) is 0 Å². The van der Waals surface area contributed by atoms with Crippen molar-refractivity contribution in [1.29, 1.82) is 0 Å². The first kappa shape index (κ1) is 13.8. The van der Waals surface area contributed by atoms with Crippen LogP contribution in [-0.4, -0.2) is 20.2 Å². The maximum absolute atomic E-state index is 12.6. The summed E-state index contributed by atoms with van der Waals surface area (Å²) in [6.45, 7) is 2.87. The van der Waals surface area contributed by atoms with Crippen molar-refractivity contribution in [3.8, 4) is 5.75 Å². The molecule has 0 saturated heterocycles. The van der Waals surface area contributed by atoms with Gasteiger partial charge in [-0.2, -0.15) is 13.2 Å². The Morgan fingerprint density at radius 3 is 2.53 bits per heavy atom. The Hall–Kier alpha value is -1.23. The molecular weight excluding hydrogens is 231 g/mol. The average molecular weight is 247 g/mol. The van der Waals surface area contributed by atoms with E-state index in [-0.39, 0.29) is 18.3 Å². The van der Waals surface area contributed by atoms with Gasteiger partial charge in [-0.25, -0.2) is 0 Å². The molecule has 96 valence electrons. The van der Waals surface area contributed by atoms with Crippen LogP contribution in [0.4, 0.5) is 13.2 Å². The molecule has 1 unspecified atom stereocenters. The normalized spacial score (nSPS) is 13.5. The molecule has 1 aromatic carbocycles. The van der Waals surface area contributed by atoms with Crippen molar-refractivity contribution in [2.75, 3.05) is 20.2 Å². The van der Waals surface area contributed by atoms with Crippen LogP contribution >= 0.6 is 0 Å². The number of nitrogens with one attached hydrogen (secondary N) is 1. The number of hydrogen-bond donors (Lipinski definition) is 1. The SMILES string of the molecule is CNCC(C)COc1ccccc1C(F)(F)F. The smallest absolute Gasteiger partial charge is 0.419 e. The minimum absolute atomic E-state index is 0.108. The summed E-state index contributed by atoms with van der Waals surface area (Å²) >= 11 is 0. The van der Waals surface area contributed by atoms with Gasteiger partial charge in [0.05, 0.1) is 12.2 Å². The molecule has 0 aromatic heterocycles. The highest BCUT2D eigenvalue weighted by Crippen LogP contribution is 2.35. The van der Waals surface area contributed by atoms with Crippen LogP contribution in [0.25, 0.3) is 0 Å². The summed E-state index contributed by atoms with van der Waals surface area (Å²) in [5.74, 6) is 0.0456. The van der Waals surface area contributed by atoms with E-state index in [0.717, 1.165) is 6.07 Å². The largest absolute Gasteiger partial charge is 0.493 e. The Balaban J connectivity index is 2.71. The molecule has 1 aromatic rings. The van der Waals surface area contributed by atoms with Crippen LogP contribution < -0.4 is 10.1 Å². The average Bonchev–Trinajstić information content (AvgIpc) is 2.26. The standard InChI is InChI=1S/C12H16F3NO/c1-9(7-16-2)8-17-11-6-4-3-5-10(11)12(13,14)15/h3-6,9,16H,7-8H2,1-2H3. The molecule has 2 nitrogen and oxygen atoms in total. The number of hydrogen-bond acceptors (Lipinski definition) is 2. The lowest BCUT2D eigenvalue weighted by molar-refractivity contribution is -0.139. The second-order valence-electron chi connectivity index (χ2n) is 3.97. The Morgan fingerprint density at radius 1 is 1.29 bits per heavy atom. The summed E-state index contributed by atoms with van der Waals surface area (Å²) in [5.41, 5.74) is -0.725. The number of para-hydroxylation sites is 1. The minimum atomic E-state index is -4.37. The van der Waals surface area contributed by atoms with Crippen molar-refractivity contribution >= 4 is 0 Å². The highest BCUT2D eigenvalue weighted by atomic mass is 19.4. The second-order valence-corrected chi connectivity index (χ2v) is 3.97. The Labute approximate surface area is 98.8 Å². The summed E-state index contributed by atoms with van der Waals surface area (Å²) in [6.07, 6.45) is -4.37. The van der Waals surface area contributed by atoms with Gasteiger partial charge in [0.2, 0.25) is 0 Å². The van der Waals surface area contributed by atoms with Gasteiger partial charge in [0.25, 0.3) is 0 Å². The van der Waals surface area contributed by atoms with E-state index >= 15 is 0 Å². The van der Waals surface area contributed by atoms with Crippen molar-refractivity contribution < 1.29 is 17.9 Å². The molecular formula is C12H16F3NO. The lowest BCUT2D eigenvalue weighted by Crippen LogP contribution is -2.22. The van der Waals surface area contributed by atoms with Gasteiger partial charge in [0, 0.05) is 12.5 Å². The fourth-order valence-corrected chi connectivity index (χ4v) is 1.47. The summed E-state index contributed by atoms with van der Waals surface area (Å²) in [7, 11) is 1.79. The summed E-state index contributed by atoms with van der Waals surface area (Å²) in [6, 6.07) is 5.26. The summed E-state index contributed by atoms with van der Waals surface area (Å²) < 4.78 is 43.1. The molecule has 0 bridgehead atoms. The first-order valence-corrected chi connectivity index (χ1v) is 5.38. The topological polar surface area (TPSA) is 21.3 Å². The molecule has 5 heteroatoms. The van der Waals surface area contributed by atoms with Crippen molar-refractivity contribution in [3.63, 3.8) is 0 Å². The van der Waals surface area contributed by atoms with E-state index in [1.54, 1.807) is 7.05 Å². The lowest BCUT2D eigenvalue weighted by Gasteiger charge is -2.16. The number of alkyl halides is 3. The van der Waals surface area contributed by atoms with Crippen molar-refractivity contribution in [3.05, 3.63) is 29.8 Å². The monoisotopic (exact) mass is 247 g/mol. The number of ether oxygens (including phenoxy) is 1. The van der Waals surface area contributed by atoms with Gasteiger partial charge in [-0.15, -0.1) is 0 Å². The molecule has 0 saturated carbocycles. The van der Waals surface area contributed by atoms with Crippen LogP contribution in [-0.2, 0) is 6.18 Å². The van der Waals surface area contributed by atoms with Gasteiger partial charge in [0.1, 0.15) is 5.75 Å². The first-order chi connectivity index (χ1) is 7.95.